The number of ketones is 2. The summed E-state index contributed by atoms with van der Waals surface area (Å²) in [5, 5.41) is 0.376. The average molecular weight is 299 g/mol. The van der Waals surface area contributed by atoms with Gasteiger partial charge in [0.1, 0.15) is 11.3 Å². The van der Waals surface area contributed by atoms with Gasteiger partial charge in [0.05, 0.1) is 19.7 Å². The maximum absolute atomic E-state index is 12.6. The number of rotatable bonds is 2. The second-order valence-corrected chi connectivity index (χ2v) is 4.85. The lowest BCUT2D eigenvalue weighted by molar-refractivity contribution is 0.0821. The van der Waals surface area contributed by atoms with Crippen LogP contribution < -0.4 is 5.43 Å². The Morgan fingerprint density at radius 2 is 1.50 bits per heavy atom. The standard InChI is InChI=1S/C16H13NO5/c1-17-9-7-5-4-6-8(9)12(18)10-11(17)14(20)16(22-3)15(21-2)13(10)19/h4-7H,1-3H3. The number of carbonyl (C=O) groups is 2. The predicted octanol–water partition coefficient (Wildman–Crippen LogP) is 1.42. The van der Waals surface area contributed by atoms with Crippen LogP contribution in [0.15, 0.2) is 40.6 Å². The minimum atomic E-state index is -0.639. The molecule has 0 spiro atoms. The number of allylic oxidation sites excluding steroid dienone is 2. The molecule has 1 aliphatic carbocycles. The quantitative estimate of drug-likeness (QED) is 0.838. The summed E-state index contributed by atoms with van der Waals surface area (Å²) in [5.41, 5.74) is -0.0642. The van der Waals surface area contributed by atoms with Gasteiger partial charge in [0, 0.05) is 12.4 Å². The molecule has 0 N–H and O–H groups in total. The van der Waals surface area contributed by atoms with Crippen LogP contribution in [0, 0.1) is 0 Å². The van der Waals surface area contributed by atoms with Gasteiger partial charge in [-0.25, -0.2) is 0 Å². The number of pyridine rings is 1. The van der Waals surface area contributed by atoms with Crippen molar-refractivity contribution in [1.82, 2.24) is 4.57 Å². The normalized spacial score (nSPS) is 14.3. The first kappa shape index (κ1) is 14.1. The van der Waals surface area contributed by atoms with E-state index in [1.807, 2.05) is 0 Å². The third-order valence-electron chi connectivity index (χ3n) is 3.78. The molecule has 1 aromatic heterocycles. The minimum Gasteiger partial charge on any atom is -0.489 e. The van der Waals surface area contributed by atoms with Gasteiger partial charge in [0.25, 0.3) is 0 Å². The molecule has 0 unspecified atom stereocenters. The zero-order chi connectivity index (χ0) is 16.0. The Balaban J connectivity index is 2.50. The van der Waals surface area contributed by atoms with Crippen molar-refractivity contribution < 1.29 is 19.1 Å². The molecule has 1 aliphatic rings. The van der Waals surface area contributed by atoms with E-state index in [0.29, 0.717) is 10.9 Å². The Hall–Kier alpha value is -2.89. The monoisotopic (exact) mass is 299 g/mol. The maximum Gasteiger partial charge on any atom is 0.248 e. The van der Waals surface area contributed by atoms with Crippen molar-refractivity contribution >= 4 is 22.5 Å². The molecular formula is C16H13NO5. The van der Waals surface area contributed by atoms with Crippen LogP contribution in [0.4, 0.5) is 0 Å². The summed E-state index contributed by atoms with van der Waals surface area (Å²) in [4.78, 5) is 37.8. The van der Waals surface area contributed by atoms with Crippen LogP contribution in [-0.4, -0.2) is 30.4 Å². The molecule has 0 saturated heterocycles. The van der Waals surface area contributed by atoms with Crippen molar-refractivity contribution in [3.63, 3.8) is 0 Å². The fraction of sp³-hybridized carbons (Fsp3) is 0.188. The van der Waals surface area contributed by atoms with E-state index in [1.165, 1.54) is 18.8 Å². The second-order valence-electron chi connectivity index (χ2n) is 4.85. The van der Waals surface area contributed by atoms with E-state index in [-0.39, 0.29) is 22.8 Å². The molecule has 6 nitrogen and oxygen atoms in total. The number of hydrogen-bond donors (Lipinski definition) is 0. The lowest BCUT2D eigenvalue weighted by Gasteiger charge is -2.21. The van der Waals surface area contributed by atoms with Gasteiger partial charge in [-0.1, -0.05) is 12.1 Å². The highest BCUT2D eigenvalue weighted by Crippen LogP contribution is 2.27. The number of benzene rings is 1. The number of hydrogen-bond acceptors (Lipinski definition) is 5. The van der Waals surface area contributed by atoms with Crippen molar-refractivity contribution in [1.29, 1.82) is 0 Å². The third kappa shape index (κ3) is 1.64. The fourth-order valence-corrected chi connectivity index (χ4v) is 2.76. The van der Waals surface area contributed by atoms with Gasteiger partial charge in [-0.2, -0.15) is 0 Å². The van der Waals surface area contributed by atoms with E-state index in [4.69, 9.17) is 9.47 Å². The molecule has 0 bridgehead atoms. The number of para-hydroxylation sites is 1. The largest absolute Gasteiger partial charge is 0.489 e. The molecule has 0 saturated carbocycles. The molecule has 1 heterocycles. The van der Waals surface area contributed by atoms with Gasteiger partial charge in [-0.15, -0.1) is 0 Å². The van der Waals surface area contributed by atoms with Crippen molar-refractivity contribution in [2.75, 3.05) is 14.2 Å². The molecule has 22 heavy (non-hydrogen) atoms. The van der Waals surface area contributed by atoms with Gasteiger partial charge in [-0.05, 0) is 12.1 Å². The third-order valence-corrected chi connectivity index (χ3v) is 3.78. The first-order valence-electron chi connectivity index (χ1n) is 6.56. The highest BCUT2D eigenvalue weighted by atomic mass is 16.5. The SMILES string of the molecule is COC1=C(OC)C(=O)c2c(c(=O)c3ccccc3n2C)C1=O. The summed E-state index contributed by atoms with van der Waals surface area (Å²) in [5.74, 6) is -1.61. The van der Waals surface area contributed by atoms with Crippen LogP contribution in [0.3, 0.4) is 0 Å². The predicted molar refractivity (Wildman–Crippen MR) is 78.9 cm³/mol. The number of aromatic nitrogens is 1. The van der Waals surface area contributed by atoms with E-state index in [2.05, 4.69) is 0 Å². The van der Waals surface area contributed by atoms with Crippen molar-refractivity contribution in [3.05, 3.63) is 57.3 Å². The summed E-state index contributed by atoms with van der Waals surface area (Å²) in [6, 6.07) is 6.81. The molecule has 6 heteroatoms. The Morgan fingerprint density at radius 1 is 0.909 bits per heavy atom. The highest BCUT2D eigenvalue weighted by Gasteiger charge is 2.38. The minimum absolute atomic E-state index is 0.0198. The smallest absolute Gasteiger partial charge is 0.248 e. The summed E-state index contributed by atoms with van der Waals surface area (Å²) < 4.78 is 11.5. The van der Waals surface area contributed by atoms with Crippen molar-refractivity contribution in [2.24, 2.45) is 7.05 Å². The molecular weight excluding hydrogens is 286 g/mol. The number of Topliss-reactive ketones (excluding diaryl/α,β-unsaturated/α-hetero) is 2. The van der Waals surface area contributed by atoms with E-state index >= 15 is 0 Å². The molecule has 112 valence electrons. The number of methoxy groups -OCH3 is 2. The van der Waals surface area contributed by atoms with E-state index < -0.39 is 17.0 Å². The lowest BCUT2D eigenvalue weighted by atomic mass is 9.94. The van der Waals surface area contributed by atoms with Gasteiger partial charge < -0.3 is 14.0 Å². The molecule has 0 aliphatic heterocycles. The van der Waals surface area contributed by atoms with Crippen LogP contribution in [0.5, 0.6) is 0 Å². The van der Waals surface area contributed by atoms with E-state index in [9.17, 15) is 14.4 Å². The molecule has 0 amide bonds. The number of carbonyl (C=O) groups excluding carboxylic acids is 2. The Labute approximate surface area is 125 Å². The van der Waals surface area contributed by atoms with Crippen LogP contribution >= 0.6 is 0 Å². The van der Waals surface area contributed by atoms with Gasteiger partial charge in [-0.3, -0.25) is 14.4 Å². The summed E-state index contributed by atoms with van der Waals surface area (Å²) in [6.07, 6.45) is 0. The van der Waals surface area contributed by atoms with Gasteiger partial charge in [0.15, 0.2) is 0 Å². The molecule has 0 radical (unpaired) electrons. The molecule has 0 atom stereocenters. The van der Waals surface area contributed by atoms with Crippen LogP contribution in [-0.2, 0) is 16.5 Å². The first-order valence-corrected chi connectivity index (χ1v) is 6.56. The Morgan fingerprint density at radius 3 is 2.14 bits per heavy atom. The van der Waals surface area contributed by atoms with Crippen LogP contribution in [0.2, 0.25) is 0 Å². The zero-order valence-corrected chi connectivity index (χ0v) is 12.3. The van der Waals surface area contributed by atoms with Crippen molar-refractivity contribution in [3.8, 4) is 0 Å². The topological polar surface area (TPSA) is 74.6 Å². The number of fused-ring (bicyclic) bond motifs is 2. The number of aryl methyl sites for hydroxylation is 1. The molecule has 1 aromatic carbocycles. The number of nitrogens with zero attached hydrogens (tertiary/aromatic N) is 1. The first-order chi connectivity index (χ1) is 10.5. The second kappa shape index (κ2) is 4.84. The summed E-state index contributed by atoms with van der Waals surface area (Å²) >= 11 is 0. The fourth-order valence-electron chi connectivity index (χ4n) is 2.76. The Kier molecular flexibility index (Phi) is 3.09. The summed E-state index contributed by atoms with van der Waals surface area (Å²) in [7, 11) is 4.18. The van der Waals surface area contributed by atoms with Crippen LogP contribution in [0.25, 0.3) is 10.9 Å². The van der Waals surface area contributed by atoms with Gasteiger partial charge in [0.2, 0.25) is 28.5 Å². The zero-order valence-electron chi connectivity index (χ0n) is 12.3. The van der Waals surface area contributed by atoms with Gasteiger partial charge >= 0.3 is 0 Å². The summed E-state index contributed by atoms with van der Waals surface area (Å²) in [6.45, 7) is 0. The van der Waals surface area contributed by atoms with Crippen molar-refractivity contribution in [2.45, 2.75) is 0 Å². The highest BCUT2D eigenvalue weighted by molar-refractivity contribution is 6.25. The number of ether oxygens (including phenoxy) is 2. The molecule has 0 fully saturated rings. The van der Waals surface area contributed by atoms with Crippen LogP contribution in [0.1, 0.15) is 20.8 Å². The van der Waals surface area contributed by atoms with E-state index in [0.717, 1.165) is 0 Å². The van der Waals surface area contributed by atoms with E-state index in [1.54, 1.807) is 31.3 Å². The lowest BCUT2D eigenvalue weighted by Crippen LogP contribution is -2.33. The maximum atomic E-state index is 12.6. The molecule has 2 aromatic rings. The Bertz CT molecular complexity index is 920. The average Bonchev–Trinajstić information content (AvgIpc) is 2.53. The molecule has 3 rings (SSSR count).